The molecule has 3 rings (SSSR count). The fourth-order valence-electron chi connectivity index (χ4n) is 2.76. The SMILES string of the molecule is CCN(C(=O)Cn1c(CC#N)nc2ccccc21)C1CC1. The van der Waals surface area contributed by atoms with Crippen LogP contribution in [0.25, 0.3) is 11.0 Å². The van der Waals surface area contributed by atoms with Crippen LogP contribution in [0.3, 0.4) is 0 Å². The van der Waals surface area contributed by atoms with E-state index in [2.05, 4.69) is 11.1 Å². The van der Waals surface area contributed by atoms with Gasteiger partial charge in [-0.15, -0.1) is 0 Å². The predicted octanol–water partition coefficient (Wildman–Crippen LogP) is 2.11. The first-order valence-electron chi connectivity index (χ1n) is 7.35. The van der Waals surface area contributed by atoms with E-state index < -0.39 is 0 Å². The molecule has 5 nitrogen and oxygen atoms in total. The second kappa shape index (κ2) is 5.57. The van der Waals surface area contributed by atoms with Gasteiger partial charge in [-0.3, -0.25) is 4.79 Å². The number of carbonyl (C=O) groups excluding carboxylic acids is 1. The first kappa shape index (κ1) is 13.6. The maximum absolute atomic E-state index is 12.5. The lowest BCUT2D eigenvalue weighted by atomic mass is 10.3. The Morgan fingerprint density at radius 3 is 2.90 bits per heavy atom. The number of benzene rings is 1. The van der Waals surface area contributed by atoms with Gasteiger partial charge in [-0.1, -0.05) is 12.1 Å². The van der Waals surface area contributed by atoms with E-state index in [1.54, 1.807) is 0 Å². The summed E-state index contributed by atoms with van der Waals surface area (Å²) in [5, 5.41) is 8.96. The number of amides is 1. The molecule has 0 aliphatic heterocycles. The number of rotatable bonds is 5. The van der Waals surface area contributed by atoms with Crippen molar-refractivity contribution in [3.05, 3.63) is 30.1 Å². The minimum atomic E-state index is 0.113. The van der Waals surface area contributed by atoms with E-state index in [1.165, 1.54) is 0 Å². The van der Waals surface area contributed by atoms with E-state index in [0.717, 1.165) is 30.4 Å². The molecule has 1 aromatic carbocycles. The molecule has 0 radical (unpaired) electrons. The average Bonchev–Trinajstić information content (AvgIpc) is 3.25. The normalized spacial score (nSPS) is 14.1. The van der Waals surface area contributed by atoms with Crippen molar-refractivity contribution >= 4 is 16.9 Å². The number of nitrogens with zero attached hydrogens (tertiary/aromatic N) is 4. The average molecular weight is 282 g/mol. The molecule has 1 aliphatic carbocycles. The molecule has 0 unspecified atom stereocenters. The third-order valence-electron chi connectivity index (χ3n) is 3.91. The minimum absolute atomic E-state index is 0.113. The Labute approximate surface area is 123 Å². The molecular formula is C16H18N4O. The largest absolute Gasteiger partial charge is 0.338 e. The van der Waals surface area contributed by atoms with E-state index in [9.17, 15) is 4.79 Å². The van der Waals surface area contributed by atoms with Crippen LogP contribution >= 0.6 is 0 Å². The Morgan fingerprint density at radius 1 is 1.48 bits per heavy atom. The number of aromatic nitrogens is 2. The van der Waals surface area contributed by atoms with Crippen LogP contribution in [0.4, 0.5) is 0 Å². The Morgan fingerprint density at radius 2 is 2.24 bits per heavy atom. The first-order valence-corrected chi connectivity index (χ1v) is 7.35. The molecule has 1 fully saturated rings. The van der Waals surface area contributed by atoms with Crippen LogP contribution in [0, 0.1) is 11.3 Å². The van der Waals surface area contributed by atoms with Crippen molar-refractivity contribution in [3.8, 4) is 6.07 Å². The van der Waals surface area contributed by atoms with Gasteiger partial charge in [-0.25, -0.2) is 4.98 Å². The first-order chi connectivity index (χ1) is 10.2. The van der Waals surface area contributed by atoms with Crippen LogP contribution in [0.1, 0.15) is 25.6 Å². The molecule has 108 valence electrons. The minimum Gasteiger partial charge on any atom is -0.338 e. The molecule has 1 saturated carbocycles. The van der Waals surface area contributed by atoms with Crippen LogP contribution < -0.4 is 0 Å². The molecule has 1 heterocycles. The van der Waals surface area contributed by atoms with Crippen molar-refractivity contribution < 1.29 is 4.79 Å². The smallest absolute Gasteiger partial charge is 0.242 e. The van der Waals surface area contributed by atoms with Crippen LogP contribution in [-0.4, -0.2) is 32.9 Å². The number of para-hydroxylation sites is 2. The molecular weight excluding hydrogens is 264 g/mol. The molecule has 1 aliphatic rings. The Kier molecular flexibility index (Phi) is 3.61. The summed E-state index contributed by atoms with van der Waals surface area (Å²) in [6.07, 6.45) is 2.43. The number of nitriles is 1. The zero-order valence-electron chi connectivity index (χ0n) is 12.1. The molecule has 0 bridgehead atoms. The molecule has 1 amide bonds. The van der Waals surface area contributed by atoms with Crippen molar-refractivity contribution in [2.45, 2.75) is 38.8 Å². The van der Waals surface area contributed by atoms with Crippen molar-refractivity contribution in [2.75, 3.05) is 6.54 Å². The van der Waals surface area contributed by atoms with Crippen molar-refractivity contribution in [3.63, 3.8) is 0 Å². The third kappa shape index (κ3) is 2.62. The highest BCUT2D eigenvalue weighted by molar-refractivity contribution is 5.81. The second-order valence-electron chi connectivity index (χ2n) is 5.35. The standard InChI is InChI=1S/C16H18N4O/c1-2-19(12-7-8-12)16(21)11-20-14-6-4-3-5-13(14)18-15(20)9-10-17/h3-6,12H,2,7-9,11H2,1H3. The van der Waals surface area contributed by atoms with Gasteiger partial charge in [-0.05, 0) is 31.9 Å². The van der Waals surface area contributed by atoms with Gasteiger partial charge >= 0.3 is 0 Å². The lowest BCUT2D eigenvalue weighted by Gasteiger charge is -2.21. The molecule has 0 N–H and O–H groups in total. The van der Waals surface area contributed by atoms with Crippen LogP contribution in [-0.2, 0) is 17.8 Å². The number of hydrogen-bond acceptors (Lipinski definition) is 3. The lowest BCUT2D eigenvalue weighted by Crippen LogP contribution is -2.35. The summed E-state index contributed by atoms with van der Waals surface area (Å²) in [7, 11) is 0. The van der Waals surface area contributed by atoms with Gasteiger partial charge in [0.2, 0.25) is 5.91 Å². The predicted molar refractivity (Wildman–Crippen MR) is 79.5 cm³/mol. The van der Waals surface area contributed by atoms with Crippen LogP contribution in [0.2, 0.25) is 0 Å². The van der Waals surface area contributed by atoms with Gasteiger partial charge < -0.3 is 9.47 Å². The van der Waals surface area contributed by atoms with E-state index in [0.29, 0.717) is 11.9 Å². The summed E-state index contributed by atoms with van der Waals surface area (Å²) in [5.74, 6) is 0.779. The Balaban J connectivity index is 1.93. The third-order valence-corrected chi connectivity index (χ3v) is 3.91. The van der Waals surface area contributed by atoms with Gasteiger partial charge in [0, 0.05) is 12.6 Å². The van der Waals surface area contributed by atoms with E-state index in [4.69, 9.17) is 5.26 Å². The second-order valence-corrected chi connectivity index (χ2v) is 5.35. The van der Waals surface area contributed by atoms with Gasteiger partial charge in [0.15, 0.2) is 0 Å². The van der Waals surface area contributed by atoms with Gasteiger partial charge in [0.05, 0.1) is 23.5 Å². The summed E-state index contributed by atoms with van der Waals surface area (Å²) in [4.78, 5) is 18.9. The van der Waals surface area contributed by atoms with Crippen molar-refractivity contribution in [1.29, 1.82) is 5.26 Å². The fourth-order valence-corrected chi connectivity index (χ4v) is 2.76. The maximum Gasteiger partial charge on any atom is 0.242 e. The van der Waals surface area contributed by atoms with Crippen molar-refractivity contribution in [2.24, 2.45) is 0 Å². The Bertz CT molecular complexity index is 709. The summed E-state index contributed by atoms with van der Waals surface area (Å²) < 4.78 is 1.88. The summed E-state index contributed by atoms with van der Waals surface area (Å²) >= 11 is 0. The van der Waals surface area contributed by atoms with E-state index in [-0.39, 0.29) is 18.9 Å². The van der Waals surface area contributed by atoms with E-state index >= 15 is 0 Å². The number of carbonyl (C=O) groups is 1. The lowest BCUT2D eigenvalue weighted by molar-refractivity contribution is -0.132. The van der Waals surface area contributed by atoms with Gasteiger partial charge in [-0.2, -0.15) is 5.26 Å². The summed E-state index contributed by atoms with van der Waals surface area (Å²) in [6.45, 7) is 3.02. The number of fused-ring (bicyclic) bond motifs is 1. The highest BCUT2D eigenvalue weighted by Crippen LogP contribution is 2.27. The number of likely N-dealkylation sites (N-methyl/N-ethyl adjacent to an activating group) is 1. The fraction of sp³-hybridized carbons (Fsp3) is 0.438. The topological polar surface area (TPSA) is 61.9 Å². The van der Waals surface area contributed by atoms with Crippen molar-refractivity contribution in [1.82, 2.24) is 14.5 Å². The van der Waals surface area contributed by atoms with Crippen LogP contribution in [0.15, 0.2) is 24.3 Å². The highest BCUT2D eigenvalue weighted by Gasteiger charge is 2.31. The highest BCUT2D eigenvalue weighted by atomic mass is 16.2. The number of imidazole rings is 1. The molecule has 2 aromatic rings. The zero-order valence-corrected chi connectivity index (χ0v) is 12.1. The number of hydrogen-bond donors (Lipinski definition) is 0. The molecule has 0 atom stereocenters. The monoisotopic (exact) mass is 282 g/mol. The molecule has 21 heavy (non-hydrogen) atoms. The van der Waals surface area contributed by atoms with Crippen LogP contribution in [0.5, 0.6) is 0 Å². The quantitative estimate of drug-likeness (QED) is 0.843. The summed E-state index contributed by atoms with van der Waals surface area (Å²) in [6, 6.07) is 10.3. The molecule has 5 heteroatoms. The van der Waals surface area contributed by atoms with Gasteiger partial charge in [0.1, 0.15) is 12.4 Å². The zero-order chi connectivity index (χ0) is 14.8. The maximum atomic E-state index is 12.5. The molecule has 1 aromatic heterocycles. The Hall–Kier alpha value is -2.35. The summed E-state index contributed by atoms with van der Waals surface area (Å²) in [5.41, 5.74) is 1.76. The molecule has 0 saturated heterocycles. The molecule has 0 spiro atoms. The van der Waals surface area contributed by atoms with Gasteiger partial charge in [0.25, 0.3) is 0 Å². The van der Waals surface area contributed by atoms with E-state index in [1.807, 2.05) is 40.7 Å².